The number of fused-ring (bicyclic) bond motifs is 1. The lowest BCUT2D eigenvalue weighted by Gasteiger charge is -2.26. The van der Waals surface area contributed by atoms with E-state index in [1.807, 2.05) is 18.4 Å². The third-order valence-corrected chi connectivity index (χ3v) is 2.71. The second-order valence-electron chi connectivity index (χ2n) is 3.48. The fourth-order valence-electron chi connectivity index (χ4n) is 1.82. The molecule has 1 aliphatic rings. The van der Waals surface area contributed by atoms with Gasteiger partial charge in [-0.25, -0.2) is 0 Å². The quantitative estimate of drug-likeness (QED) is 0.716. The van der Waals surface area contributed by atoms with Crippen molar-refractivity contribution in [3.05, 3.63) is 36.1 Å². The molecule has 0 bridgehead atoms. The van der Waals surface area contributed by atoms with Gasteiger partial charge >= 0.3 is 0 Å². The monoisotopic (exact) mass is 173 g/mol. The maximum atomic E-state index is 5.47. The number of hydrogen-bond donors (Lipinski definition) is 1. The predicted molar refractivity (Wildman–Crippen MR) is 51.6 cm³/mol. The van der Waals surface area contributed by atoms with Crippen LogP contribution in [0.25, 0.3) is 11.0 Å². The number of hydrogen-bond acceptors (Lipinski definition) is 2. The molecule has 66 valence electrons. The Balaban J connectivity index is 2.17. The number of furan rings is 1. The van der Waals surface area contributed by atoms with Crippen molar-refractivity contribution in [2.75, 3.05) is 6.54 Å². The molecule has 1 fully saturated rings. The van der Waals surface area contributed by atoms with Gasteiger partial charge < -0.3 is 9.73 Å². The maximum Gasteiger partial charge on any atom is 0.134 e. The van der Waals surface area contributed by atoms with Gasteiger partial charge in [-0.15, -0.1) is 0 Å². The van der Waals surface area contributed by atoms with E-state index in [4.69, 9.17) is 4.42 Å². The third kappa shape index (κ3) is 0.988. The molecule has 1 unspecified atom stereocenters. The van der Waals surface area contributed by atoms with Crippen LogP contribution >= 0.6 is 0 Å². The van der Waals surface area contributed by atoms with Crippen LogP contribution in [0.1, 0.15) is 18.0 Å². The summed E-state index contributed by atoms with van der Waals surface area (Å²) < 4.78 is 5.47. The zero-order chi connectivity index (χ0) is 8.67. The van der Waals surface area contributed by atoms with Crippen LogP contribution in [0.5, 0.6) is 0 Å². The van der Waals surface area contributed by atoms with Crippen LogP contribution in [0.4, 0.5) is 0 Å². The summed E-state index contributed by atoms with van der Waals surface area (Å²) >= 11 is 0. The van der Waals surface area contributed by atoms with Crippen LogP contribution in [-0.2, 0) is 0 Å². The van der Waals surface area contributed by atoms with Crippen molar-refractivity contribution in [2.24, 2.45) is 0 Å². The van der Waals surface area contributed by atoms with Gasteiger partial charge in [0.25, 0.3) is 0 Å². The Labute approximate surface area is 76.5 Å². The molecule has 0 radical (unpaired) electrons. The second kappa shape index (κ2) is 2.60. The minimum absolute atomic E-state index is 0.517. The fourth-order valence-corrected chi connectivity index (χ4v) is 1.82. The molecule has 1 saturated heterocycles. The van der Waals surface area contributed by atoms with E-state index in [1.54, 1.807) is 0 Å². The minimum atomic E-state index is 0.517. The third-order valence-electron chi connectivity index (χ3n) is 2.71. The van der Waals surface area contributed by atoms with Crippen molar-refractivity contribution >= 4 is 11.0 Å². The first-order valence-corrected chi connectivity index (χ1v) is 4.65. The van der Waals surface area contributed by atoms with E-state index in [2.05, 4.69) is 17.4 Å². The molecule has 2 heterocycles. The summed E-state index contributed by atoms with van der Waals surface area (Å²) in [7, 11) is 0. The van der Waals surface area contributed by atoms with Crippen molar-refractivity contribution < 1.29 is 4.42 Å². The maximum absolute atomic E-state index is 5.47. The lowest BCUT2D eigenvalue weighted by atomic mass is 9.98. The van der Waals surface area contributed by atoms with Gasteiger partial charge in [0.05, 0.1) is 6.26 Å². The van der Waals surface area contributed by atoms with Crippen LogP contribution in [-0.4, -0.2) is 6.54 Å². The number of para-hydroxylation sites is 1. The summed E-state index contributed by atoms with van der Waals surface area (Å²) in [6.07, 6.45) is 3.10. The number of nitrogens with one attached hydrogen (secondary N) is 1. The minimum Gasteiger partial charge on any atom is -0.464 e. The summed E-state index contributed by atoms with van der Waals surface area (Å²) in [6, 6.07) is 8.71. The van der Waals surface area contributed by atoms with Crippen molar-refractivity contribution in [1.29, 1.82) is 0 Å². The molecule has 2 aromatic rings. The van der Waals surface area contributed by atoms with E-state index < -0.39 is 0 Å². The van der Waals surface area contributed by atoms with Crippen molar-refractivity contribution in [1.82, 2.24) is 5.32 Å². The number of rotatable bonds is 1. The topological polar surface area (TPSA) is 25.2 Å². The Kier molecular flexibility index (Phi) is 1.43. The van der Waals surface area contributed by atoms with Gasteiger partial charge in [0.1, 0.15) is 5.58 Å². The molecule has 13 heavy (non-hydrogen) atoms. The predicted octanol–water partition coefficient (Wildman–Crippen LogP) is 2.47. The Hall–Kier alpha value is -1.28. The van der Waals surface area contributed by atoms with Crippen LogP contribution < -0.4 is 5.32 Å². The Morgan fingerprint density at radius 3 is 2.92 bits per heavy atom. The van der Waals surface area contributed by atoms with Crippen LogP contribution in [0.15, 0.2) is 34.9 Å². The zero-order valence-corrected chi connectivity index (χ0v) is 7.29. The van der Waals surface area contributed by atoms with Gasteiger partial charge in [0, 0.05) is 17.0 Å². The van der Waals surface area contributed by atoms with Crippen molar-refractivity contribution in [3.63, 3.8) is 0 Å². The normalized spacial score (nSPS) is 21.7. The lowest BCUT2D eigenvalue weighted by molar-refractivity contribution is 0.382. The molecule has 1 aliphatic heterocycles. The molecule has 1 N–H and O–H groups in total. The van der Waals surface area contributed by atoms with E-state index in [1.165, 1.54) is 17.4 Å². The van der Waals surface area contributed by atoms with E-state index in [0.717, 1.165) is 12.1 Å². The van der Waals surface area contributed by atoms with E-state index in [9.17, 15) is 0 Å². The standard InChI is InChI=1S/C11H11NO/c1-2-4-11-8(3-1)9(7-13-11)10-5-6-12-10/h1-4,7,10,12H,5-6H2. The van der Waals surface area contributed by atoms with Gasteiger partial charge in [-0.05, 0) is 19.0 Å². The SMILES string of the molecule is c1ccc2c(C3CCN3)coc2c1. The molecule has 0 saturated carbocycles. The van der Waals surface area contributed by atoms with Gasteiger partial charge in [-0.3, -0.25) is 0 Å². The molecular formula is C11H11NO. The van der Waals surface area contributed by atoms with Gasteiger partial charge in [-0.2, -0.15) is 0 Å². The highest BCUT2D eigenvalue weighted by atomic mass is 16.3. The fraction of sp³-hybridized carbons (Fsp3) is 0.273. The van der Waals surface area contributed by atoms with Crippen molar-refractivity contribution in [2.45, 2.75) is 12.5 Å². The highest BCUT2D eigenvalue weighted by Crippen LogP contribution is 2.30. The molecule has 1 aromatic heterocycles. The Morgan fingerprint density at radius 2 is 2.15 bits per heavy atom. The molecule has 0 amide bonds. The summed E-state index contributed by atoms with van der Waals surface area (Å²) in [5, 5.41) is 4.63. The first-order chi connectivity index (χ1) is 6.45. The highest BCUT2D eigenvalue weighted by molar-refractivity contribution is 5.81. The first-order valence-electron chi connectivity index (χ1n) is 4.65. The largest absolute Gasteiger partial charge is 0.464 e. The van der Waals surface area contributed by atoms with Crippen LogP contribution in [0.2, 0.25) is 0 Å². The smallest absolute Gasteiger partial charge is 0.134 e. The van der Waals surface area contributed by atoms with E-state index in [-0.39, 0.29) is 0 Å². The molecule has 0 aliphatic carbocycles. The zero-order valence-electron chi connectivity index (χ0n) is 7.29. The van der Waals surface area contributed by atoms with E-state index >= 15 is 0 Å². The van der Waals surface area contributed by atoms with Gasteiger partial charge in [0.15, 0.2) is 0 Å². The average molecular weight is 173 g/mol. The Morgan fingerprint density at radius 1 is 1.31 bits per heavy atom. The van der Waals surface area contributed by atoms with Gasteiger partial charge in [0.2, 0.25) is 0 Å². The molecule has 2 heteroatoms. The summed E-state index contributed by atoms with van der Waals surface area (Å²) in [4.78, 5) is 0. The number of benzene rings is 1. The van der Waals surface area contributed by atoms with Crippen molar-refractivity contribution in [3.8, 4) is 0 Å². The molecule has 1 aromatic carbocycles. The second-order valence-corrected chi connectivity index (χ2v) is 3.48. The van der Waals surface area contributed by atoms with Crippen LogP contribution in [0.3, 0.4) is 0 Å². The Bertz CT molecular complexity index is 428. The van der Waals surface area contributed by atoms with Crippen LogP contribution in [0, 0.1) is 0 Å². The molecule has 0 spiro atoms. The average Bonchev–Trinajstić information content (AvgIpc) is 2.47. The van der Waals surface area contributed by atoms with Gasteiger partial charge in [-0.1, -0.05) is 18.2 Å². The summed E-state index contributed by atoms with van der Waals surface area (Å²) in [5.41, 5.74) is 2.30. The summed E-state index contributed by atoms with van der Waals surface area (Å²) in [5.74, 6) is 0. The van der Waals surface area contributed by atoms with E-state index in [0.29, 0.717) is 6.04 Å². The lowest BCUT2D eigenvalue weighted by Crippen LogP contribution is -2.34. The highest BCUT2D eigenvalue weighted by Gasteiger charge is 2.21. The summed E-state index contributed by atoms with van der Waals surface area (Å²) in [6.45, 7) is 1.13. The molecular weight excluding hydrogens is 162 g/mol. The molecule has 3 rings (SSSR count). The first kappa shape index (κ1) is 7.15. The molecule has 1 atom stereocenters. The molecule has 2 nitrogen and oxygen atoms in total.